The van der Waals surface area contributed by atoms with Crippen molar-refractivity contribution < 1.29 is 33.8 Å². The molecule has 0 aliphatic carbocycles. The van der Waals surface area contributed by atoms with Crippen molar-refractivity contribution in [2.75, 3.05) is 26.7 Å². The summed E-state index contributed by atoms with van der Waals surface area (Å²) in [6.07, 6.45) is 1.24. The fourth-order valence-corrected chi connectivity index (χ4v) is 7.02. The fourth-order valence-electron chi connectivity index (χ4n) is 7.02. The second kappa shape index (κ2) is 16.1. The Morgan fingerprint density at radius 1 is 0.865 bits per heavy atom. The van der Waals surface area contributed by atoms with E-state index in [0.717, 1.165) is 22.0 Å². The van der Waals surface area contributed by atoms with E-state index in [1.54, 1.807) is 13.3 Å². The molecular weight excluding hydrogens is 664 g/mol. The summed E-state index contributed by atoms with van der Waals surface area (Å²) in [5.41, 5.74) is 3.14. The first-order valence-electron chi connectivity index (χ1n) is 17.5. The van der Waals surface area contributed by atoms with Gasteiger partial charge in [-0.05, 0) is 42.2 Å². The molecule has 0 spiro atoms. The molecule has 6 rings (SSSR count). The number of carbonyl (C=O) groups excluding carboxylic acids is 5. The number of hydrogen-bond acceptors (Lipinski definition) is 7. The van der Waals surface area contributed by atoms with Crippen LogP contribution in [0.4, 0.5) is 0 Å². The van der Waals surface area contributed by atoms with Gasteiger partial charge in [-0.15, -0.1) is 0 Å². The first-order chi connectivity index (χ1) is 25.1. The van der Waals surface area contributed by atoms with Gasteiger partial charge in [-0.25, -0.2) is 0 Å². The Morgan fingerprint density at radius 3 is 2.38 bits per heavy atom. The van der Waals surface area contributed by atoms with Gasteiger partial charge in [0.15, 0.2) is 0 Å². The van der Waals surface area contributed by atoms with Gasteiger partial charge >= 0.3 is 0 Å². The zero-order chi connectivity index (χ0) is 36.8. The van der Waals surface area contributed by atoms with Gasteiger partial charge in [-0.2, -0.15) is 0 Å². The van der Waals surface area contributed by atoms with Crippen molar-refractivity contribution in [1.29, 1.82) is 0 Å². The standard InChI is InChI=1S/C39H44N6O7/c1-24-37(49)43-32(25-10-4-3-5-11-25)22-44(36(48)17-16-26-12-6-9-15-34(26)52-2)23-35(47)42-31(18-27-20-40-30-14-8-7-13-29(27)30)39(51)45-21-28(46)19-33(45)38(50)41-24/h3-15,20,24,28,31-33,40,46H,16-19,21-23H2,1-2H3,(H,41,50)(H,42,47)(H,43,49)/t24-,28+,31+,32-,33-/m0/s1. The van der Waals surface area contributed by atoms with Gasteiger partial charge in [-0.1, -0.05) is 66.7 Å². The van der Waals surface area contributed by atoms with E-state index >= 15 is 0 Å². The molecule has 2 saturated heterocycles. The summed E-state index contributed by atoms with van der Waals surface area (Å²) in [4.78, 5) is 75.5. The second-order valence-corrected chi connectivity index (χ2v) is 13.4. The number of aromatic amines is 1. The van der Waals surface area contributed by atoms with Gasteiger partial charge < -0.3 is 40.6 Å². The third-order valence-corrected chi connectivity index (χ3v) is 9.76. The van der Waals surface area contributed by atoms with Gasteiger partial charge in [-0.3, -0.25) is 24.0 Å². The number of aliphatic hydroxyl groups excluding tert-OH is 1. The maximum atomic E-state index is 14.3. The van der Waals surface area contributed by atoms with Crippen LogP contribution in [0.25, 0.3) is 10.9 Å². The highest BCUT2D eigenvalue weighted by molar-refractivity contribution is 5.96. The van der Waals surface area contributed by atoms with E-state index in [0.29, 0.717) is 17.7 Å². The molecule has 13 heteroatoms. The third kappa shape index (κ3) is 8.26. The molecule has 2 aliphatic rings. The number of aromatic nitrogens is 1. The average molecular weight is 709 g/mol. The van der Waals surface area contributed by atoms with E-state index in [4.69, 9.17) is 4.74 Å². The van der Waals surface area contributed by atoms with Gasteiger partial charge in [0.2, 0.25) is 29.5 Å². The number of para-hydroxylation sites is 2. The number of nitrogens with zero attached hydrogens (tertiary/aromatic N) is 2. The van der Waals surface area contributed by atoms with Crippen molar-refractivity contribution >= 4 is 40.4 Å². The number of carbonyl (C=O) groups is 5. The smallest absolute Gasteiger partial charge is 0.246 e. The van der Waals surface area contributed by atoms with Crippen LogP contribution in [0.2, 0.25) is 0 Å². The van der Waals surface area contributed by atoms with Crippen LogP contribution in [0, 0.1) is 0 Å². The predicted octanol–water partition coefficient (Wildman–Crippen LogP) is 2.00. The molecule has 5 N–H and O–H groups in total. The highest BCUT2D eigenvalue weighted by Crippen LogP contribution is 2.25. The topological polar surface area (TPSA) is 173 Å². The molecule has 5 amide bonds. The molecule has 2 fully saturated rings. The number of aryl methyl sites for hydroxylation is 1. The predicted molar refractivity (Wildman–Crippen MR) is 193 cm³/mol. The van der Waals surface area contributed by atoms with Crippen molar-refractivity contribution in [3.05, 3.63) is 102 Å². The number of methoxy groups -OCH3 is 1. The van der Waals surface area contributed by atoms with Gasteiger partial charge in [0.05, 0.1) is 25.8 Å². The number of fused-ring (bicyclic) bond motifs is 2. The number of hydrogen-bond donors (Lipinski definition) is 5. The van der Waals surface area contributed by atoms with Gasteiger partial charge in [0, 0.05) is 49.5 Å². The van der Waals surface area contributed by atoms with E-state index < -0.39 is 60.4 Å². The normalized spacial score (nSPS) is 23.2. The van der Waals surface area contributed by atoms with Crippen molar-refractivity contribution in [3.8, 4) is 5.75 Å². The second-order valence-electron chi connectivity index (χ2n) is 13.4. The van der Waals surface area contributed by atoms with E-state index in [-0.39, 0.29) is 38.3 Å². The molecule has 0 radical (unpaired) electrons. The van der Waals surface area contributed by atoms with Crippen LogP contribution in [0.15, 0.2) is 85.1 Å². The minimum absolute atomic E-state index is 0.0270. The summed E-state index contributed by atoms with van der Waals surface area (Å²) in [5.74, 6) is -1.96. The van der Waals surface area contributed by atoms with Crippen LogP contribution in [0.3, 0.4) is 0 Å². The molecular formula is C39H44N6O7. The van der Waals surface area contributed by atoms with Crippen LogP contribution in [-0.2, 0) is 36.8 Å². The number of rotatable bonds is 7. The number of benzene rings is 3. The number of H-pyrrole nitrogens is 1. The van der Waals surface area contributed by atoms with E-state index in [1.807, 2.05) is 78.9 Å². The van der Waals surface area contributed by atoms with Crippen LogP contribution < -0.4 is 20.7 Å². The summed E-state index contributed by atoms with van der Waals surface area (Å²) in [6.45, 7) is 0.949. The Kier molecular flexibility index (Phi) is 11.2. The first kappa shape index (κ1) is 36.1. The molecule has 2 aliphatic heterocycles. The Balaban J connectivity index is 1.35. The summed E-state index contributed by atoms with van der Waals surface area (Å²) < 4.78 is 5.48. The Hall–Kier alpha value is -5.69. The van der Waals surface area contributed by atoms with Crippen LogP contribution in [0.5, 0.6) is 5.75 Å². The number of amides is 5. The Morgan fingerprint density at radius 2 is 1.60 bits per heavy atom. The minimum atomic E-state index is -1.13. The van der Waals surface area contributed by atoms with Crippen molar-refractivity contribution in [3.63, 3.8) is 0 Å². The van der Waals surface area contributed by atoms with E-state index in [9.17, 15) is 29.1 Å². The van der Waals surface area contributed by atoms with Crippen molar-refractivity contribution in [2.45, 2.75) is 62.9 Å². The van der Waals surface area contributed by atoms with Gasteiger partial charge in [0.25, 0.3) is 0 Å². The molecule has 3 heterocycles. The molecule has 13 nitrogen and oxygen atoms in total. The maximum Gasteiger partial charge on any atom is 0.246 e. The molecule has 3 aromatic carbocycles. The average Bonchev–Trinajstić information content (AvgIpc) is 3.75. The van der Waals surface area contributed by atoms with Crippen LogP contribution in [0.1, 0.15) is 42.5 Å². The first-order valence-corrected chi connectivity index (χ1v) is 17.5. The van der Waals surface area contributed by atoms with E-state index in [2.05, 4.69) is 20.9 Å². The summed E-state index contributed by atoms with van der Waals surface area (Å²) in [6, 6.07) is 20.1. The fraction of sp³-hybridized carbons (Fsp3) is 0.359. The van der Waals surface area contributed by atoms with Crippen molar-refractivity contribution in [1.82, 2.24) is 30.7 Å². The van der Waals surface area contributed by atoms with Gasteiger partial charge in [0.1, 0.15) is 23.9 Å². The minimum Gasteiger partial charge on any atom is -0.496 e. The molecule has 0 bridgehead atoms. The van der Waals surface area contributed by atoms with Crippen LogP contribution in [-0.4, -0.2) is 100 Å². The lowest BCUT2D eigenvalue weighted by atomic mass is 10.0. The summed E-state index contributed by atoms with van der Waals surface area (Å²) in [7, 11) is 1.56. The number of ether oxygens (including phenoxy) is 1. The lowest BCUT2D eigenvalue weighted by Gasteiger charge is -2.30. The molecule has 1 aromatic heterocycles. The summed E-state index contributed by atoms with van der Waals surface area (Å²) >= 11 is 0. The Bertz CT molecular complexity index is 1930. The molecule has 52 heavy (non-hydrogen) atoms. The molecule has 5 atom stereocenters. The maximum absolute atomic E-state index is 14.3. The number of aliphatic hydroxyl groups is 1. The lowest BCUT2D eigenvalue weighted by Crippen LogP contribution is -2.56. The SMILES string of the molecule is COc1ccccc1CCC(=O)N1CC(=O)N[C@H](Cc2c[nH]c3ccccc23)C(=O)N2C[C@H](O)C[C@H]2C(=O)N[C@@H](C)C(=O)N[C@H](c2ccccc2)C1. The van der Waals surface area contributed by atoms with E-state index in [1.165, 1.54) is 16.7 Å². The highest BCUT2D eigenvalue weighted by atomic mass is 16.5. The quantitative estimate of drug-likeness (QED) is 0.195. The molecule has 0 saturated carbocycles. The zero-order valence-corrected chi connectivity index (χ0v) is 29.2. The Labute approximate surface area is 301 Å². The largest absolute Gasteiger partial charge is 0.496 e. The lowest BCUT2D eigenvalue weighted by molar-refractivity contribution is -0.142. The molecule has 272 valence electrons. The number of nitrogens with one attached hydrogen (secondary N) is 4. The molecule has 0 unspecified atom stereocenters. The van der Waals surface area contributed by atoms with Crippen molar-refractivity contribution in [2.24, 2.45) is 0 Å². The van der Waals surface area contributed by atoms with Crippen LogP contribution >= 0.6 is 0 Å². The highest BCUT2D eigenvalue weighted by Gasteiger charge is 2.42. The third-order valence-electron chi connectivity index (χ3n) is 9.76. The zero-order valence-electron chi connectivity index (χ0n) is 29.2. The monoisotopic (exact) mass is 708 g/mol. The summed E-state index contributed by atoms with van der Waals surface area (Å²) in [5, 5.41) is 20.1. The molecule has 4 aromatic rings.